The van der Waals surface area contributed by atoms with Crippen LogP contribution in [0.4, 0.5) is 4.79 Å². The van der Waals surface area contributed by atoms with Crippen molar-refractivity contribution in [3.05, 3.63) is 35.4 Å². The van der Waals surface area contributed by atoms with Crippen molar-refractivity contribution in [3.8, 4) is 0 Å². The number of benzene rings is 1. The van der Waals surface area contributed by atoms with Gasteiger partial charge in [0.15, 0.2) is 5.78 Å². The maximum absolute atomic E-state index is 11.3. The quantitative estimate of drug-likeness (QED) is 0.783. The Bertz CT molecular complexity index is 357. The number of nitrogens with one attached hydrogen (secondary N) is 1. The Hall–Kier alpha value is -1.84. The molecular weight excluding hydrogens is 194 g/mol. The first-order chi connectivity index (χ1) is 7.08. The largest absolute Gasteiger partial charge is 0.465 e. The number of aryl methyl sites for hydroxylation is 1. The van der Waals surface area contributed by atoms with Gasteiger partial charge in [-0.1, -0.05) is 29.8 Å². The van der Waals surface area contributed by atoms with Crippen molar-refractivity contribution in [2.24, 2.45) is 0 Å². The lowest BCUT2D eigenvalue weighted by Gasteiger charge is -2.01. The highest BCUT2D eigenvalue weighted by molar-refractivity contribution is 5.85. The number of carboxylic acid groups (broad SMARTS) is 1. The molecule has 0 heterocycles. The maximum atomic E-state index is 11.3. The van der Waals surface area contributed by atoms with Crippen LogP contribution in [0.15, 0.2) is 24.3 Å². The molecule has 0 aliphatic heterocycles. The van der Waals surface area contributed by atoms with Crippen LogP contribution in [0.3, 0.4) is 0 Å². The van der Waals surface area contributed by atoms with Crippen molar-refractivity contribution in [1.29, 1.82) is 0 Å². The molecule has 0 saturated heterocycles. The molecule has 80 valence electrons. The third-order valence-corrected chi connectivity index (χ3v) is 1.96. The molecule has 0 aliphatic carbocycles. The summed E-state index contributed by atoms with van der Waals surface area (Å²) in [4.78, 5) is 21.4. The molecule has 0 fully saturated rings. The van der Waals surface area contributed by atoms with E-state index < -0.39 is 6.09 Å². The molecule has 0 aliphatic rings. The average Bonchev–Trinajstić information content (AvgIpc) is 2.19. The van der Waals surface area contributed by atoms with E-state index in [1.54, 1.807) is 0 Å². The smallest absolute Gasteiger partial charge is 0.405 e. The summed E-state index contributed by atoms with van der Waals surface area (Å²) in [5.74, 6) is -0.138. The Morgan fingerprint density at radius 3 is 2.40 bits per heavy atom. The number of hydrogen-bond acceptors (Lipinski definition) is 2. The first-order valence-electron chi connectivity index (χ1n) is 4.62. The van der Waals surface area contributed by atoms with Gasteiger partial charge in [0, 0.05) is 6.42 Å². The third kappa shape index (κ3) is 4.26. The molecule has 0 radical (unpaired) electrons. The van der Waals surface area contributed by atoms with Gasteiger partial charge in [0.25, 0.3) is 0 Å². The summed E-state index contributed by atoms with van der Waals surface area (Å²) in [7, 11) is 0. The van der Waals surface area contributed by atoms with Crippen LogP contribution in [-0.2, 0) is 11.2 Å². The zero-order valence-electron chi connectivity index (χ0n) is 8.49. The van der Waals surface area contributed by atoms with Crippen LogP contribution in [0, 0.1) is 6.92 Å². The lowest BCUT2D eigenvalue weighted by molar-refractivity contribution is -0.117. The Morgan fingerprint density at radius 2 is 1.87 bits per heavy atom. The van der Waals surface area contributed by atoms with Gasteiger partial charge in [-0.3, -0.25) is 4.79 Å². The monoisotopic (exact) mass is 207 g/mol. The van der Waals surface area contributed by atoms with Gasteiger partial charge in [-0.2, -0.15) is 0 Å². The van der Waals surface area contributed by atoms with Crippen molar-refractivity contribution in [1.82, 2.24) is 5.32 Å². The van der Waals surface area contributed by atoms with E-state index in [4.69, 9.17) is 5.11 Å². The lowest BCUT2D eigenvalue weighted by atomic mass is 10.1. The fraction of sp³-hybridized carbons (Fsp3) is 0.273. The molecule has 0 unspecified atom stereocenters. The molecular formula is C11H13NO3. The summed E-state index contributed by atoms with van der Waals surface area (Å²) >= 11 is 0. The number of Topliss-reactive ketones (excluding diaryl/α,β-unsaturated/α-hetero) is 1. The lowest BCUT2D eigenvalue weighted by Crippen LogP contribution is -2.28. The van der Waals surface area contributed by atoms with Gasteiger partial charge in [-0.25, -0.2) is 4.79 Å². The third-order valence-electron chi connectivity index (χ3n) is 1.96. The van der Waals surface area contributed by atoms with Crippen LogP contribution in [0.1, 0.15) is 11.1 Å². The molecule has 0 aromatic heterocycles. The molecule has 2 N–H and O–H groups in total. The highest BCUT2D eigenvalue weighted by Crippen LogP contribution is 2.03. The fourth-order valence-electron chi connectivity index (χ4n) is 1.17. The van der Waals surface area contributed by atoms with Crippen molar-refractivity contribution in [3.63, 3.8) is 0 Å². The first-order valence-corrected chi connectivity index (χ1v) is 4.62. The zero-order chi connectivity index (χ0) is 11.3. The minimum atomic E-state index is -1.17. The fourth-order valence-corrected chi connectivity index (χ4v) is 1.17. The van der Waals surface area contributed by atoms with E-state index in [-0.39, 0.29) is 18.7 Å². The zero-order valence-corrected chi connectivity index (χ0v) is 8.49. The summed E-state index contributed by atoms with van der Waals surface area (Å²) in [5, 5.41) is 10.3. The topological polar surface area (TPSA) is 66.4 Å². The number of amides is 1. The minimum Gasteiger partial charge on any atom is -0.465 e. The van der Waals surface area contributed by atoms with Crippen molar-refractivity contribution >= 4 is 11.9 Å². The van der Waals surface area contributed by atoms with Gasteiger partial charge >= 0.3 is 6.09 Å². The van der Waals surface area contributed by atoms with Crippen molar-refractivity contribution in [2.75, 3.05) is 6.54 Å². The number of carbonyl (C=O) groups is 2. The average molecular weight is 207 g/mol. The number of hydrogen-bond donors (Lipinski definition) is 2. The summed E-state index contributed by atoms with van der Waals surface area (Å²) in [5.41, 5.74) is 2.03. The van der Waals surface area contributed by atoms with Crippen LogP contribution in [0.5, 0.6) is 0 Å². The second kappa shape index (κ2) is 5.14. The van der Waals surface area contributed by atoms with Gasteiger partial charge < -0.3 is 10.4 Å². The second-order valence-electron chi connectivity index (χ2n) is 3.36. The predicted octanol–water partition coefficient (Wildman–Crippen LogP) is 1.37. The number of carbonyl (C=O) groups excluding carboxylic acids is 1. The first kappa shape index (κ1) is 11.2. The van der Waals surface area contributed by atoms with E-state index in [0.717, 1.165) is 11.1 Å². The standard InChI is InChI=1S/C11H13NO3/c1-8-2-4-9(5-3-8)6-10(13)7-12-11(14)15/h2-5,12H,6-7H2,1H3,(H,14,15). The minimum absolute atomic E-state index is 0.136. The normalized spacial score (nSPS) is 9.67. The maximum Gasteiger partial charge on any atom is 0.405 e. The van der Waals surface area contributed by atoms with E-state index in [9.17, 15) is 9.59 Å². The van der Waals surface area contributed by atoms with Gasteiger partial charge in [0.05, 0.1) is 6.54 Å². The highest BCUT2D eigenvalue weighted by Gasteiger charge is 2.04. The Morgan fingerprint density at radius 1 is 1.27 bits per heavy atom. The highest BCUT2D eigenvalue weighted by atomic mass is 16.4. The van der Waals surface area contributed by atoms with E-state index in [1.165, 1.54) is 0 Å². The van der Waals surface area contributed by atoms with Crippen LogP contribution >= 0.6 is 0 Å². The molecule has 1 aromatic carbocycles. The molecule has 0 spiro atoms. The summed E-state index contributed by atoms with van der Waals surface area (Å²) < 4.78 is 0. The van der Waals surface area contributed by atoms with E-state index in [2.05, 4.69) is 0 Å². The Kier molecular flexibility index (Phi) is 3.85. The number of ketones is 1. The van der Waals surface area contributed by atoms with E-state index in [0.29, 0.717) is 0 Å². The Labute approximate surface area is 87.9 Å². The summed E-state index contributed by atoms with van der Waals surface area (Å²) in [6, 6.07) is 7.59. The predicted molar refractivity (Wildman–Crippen MR) is 55.9 cm³/mol. The van der Waals surface area contributed by atoms with Gasteiger partial charge in [0.2, 0.25) is 0 Å². The van der Waals surface area contributed by atoms with Crippen LogP contribution in [0.2, 0.25) is 0 Å². The second-order valence-corrected chi connectivity index (χ2v) is 3.36. The van der Waals surface area contributed by atoms with Crippen molar-refractivity contribution < 1.29 is 14.7 Å². The van der Waals surface area contributed by atoms with Crippen LogP contribution in [0.25, 0.3) is 0 Å². The van der Waals surface area contributed by atoms with Gasteiger partial charge in [-0.15, -0.1) is 0 Å². The van der Waals surface area contributed by atoms with Crippen molar-refractivity contribution in [2.45, 2.75) is 13.3 Å². The van der Waals surface area contributed by atoms with Crippen LogP contribution < -0.4 is 5.32 Å². The summed E-state index contributed by atoms with van der Waals surface area (Å²) in [6.45, 7) is 1.83. The van der Waals surface area contributed by atoms with Crippen LogP contribution in [-0.4, -0.2) is 23.5 Å². The van der Waals surface area contributed by atoms with E-state index in [1.807, 2.05) is 36.5 Å². The molecule has 0 atom stereocenters. The Balaban J connectivity index is 2.44. The van der Waals surface area contributed by atoms with Gasteiger partial charge in [0.1, 0.15) is 0 Å². The summed E-state index contributed by atoms with van der Waals surface area (Å²) in [6.07, 6.45) is -0.909. The van der Waals surface area contributed by atoms with E-state index >= 15 is 0 Å². The molecule has 1 rings (SSSR count). The molecule has 1 aromatic rings. The number of rotatable bonds is 4. The molecule has 0 saturated carbocycles. The molecule has 0 bridgehead atoms. The van der Waals surface area contributed by atoms with Gasteiger partial charge in [-0.05, 0) is 12.5 Å². The molecule has 1 amide bonds. The molecule has 4 nitrogen and oxygen atoms in total. The molecule has 15 heavy (non-hydrogen) atoms. The SMILES string of the molecule is Cc1ccc(CC(=O)CNC(=O)O)cc1. The molecule has 4 heteroatoms.